The molecule has 0 fully saturated rings. The Balaban J connectivity index is 2.47. The van der Waals surface area contributed by atoms with Crippen LogP contribution < -0.4 is 9.62 Å². The zero-order valence-corrected chi connectivity index (χ0v) is 22.7. The standard InChI is InChI=1S/C25H34ClFN4O4S/c1-5-7-16-28-25(33)23(6-2)30(17-19-10-8-9-11-22(19)26)24(32)18-31(36(34,35)29(3)4)21-14-12-20(27)13-15-21/h8-15,23H,5-7,16-18H2,1-4H3,(H,28,33)/t23-/m1/s1. The van der Waals surface area contributed by atoms with Crippen LogP contribution in [0.1, 0.15) is 38.7 Å². The second kappa shape index (κ2) is 13.6. The predicted molar refractivity (Wildman–Crippen MR) is 140 cm³/mol. The highest BCUT2D eigenvalue weighted by molar-refractivity contribution is 7.90. The number of nitrogens with one attached hydrogen (secondary N) is 1. The van der Waals surface area contributed by atoms with Gasteiger partial charge in [0, 0.05) is 32.2 Å². The van der Waals surface area contributed by atoms with Crippen molar-refractivity contribution in [2.75, 3.05) is 31.5 Å². The minimum Gasteiger partial charge on any atom is -0.354 e. The Morgan fingerprint density at radius 1 is 1.06 bits per heavy atom. The third-order valence-corrected chi connectivity index (χ3v) is 7.84. The van der Waals surface area contributed by atoms with E-state index in [1.54, 1.807) is 31.2 Å². The van der Waals surface area contributed by atoms with Crippen molar-refractivity contribution in [2.45, 2.75) is 45.7 Å². The number of halogens is 2. The van der Waals surface area contributed by atoms with E-state index >= 15 is 0 Å². The molecular formula is C25H34ClFN4O4S. The molecule has 1 atom stereocenters. The maximum atomic E-state index is 13.7. The van der Waals surface area contributed by atoms with Crippen LogP contribution in [0.4, 0.5) is 10.1 Å². The minimum atomic E-state index is -4.11. The molecule has 11 heteroatoms. The second-order valence-electron chi connectivity index (χ2n) is 8.45. The number of hydrogen-bond donors (Lipinski definition) is 1. The number of nitrogens with zero attached hydrogens (tertiary/aromatic N) is 3. The van der Waals surface area contributed by atoms with Crippen molar-refractivity contribution in [3.8, 4) is 0 Å². The molecule has 0 saturated carbocycles. The number of unbranched alkanes of at least 4 members (excludes halogenated alkanes) is 1. The molecule has 0 aliphatic rings. The van der Waals surface area contributed by atoms with Gasteiger partial charge in [-0.15, -0.1) is 0 Å². The topological polar surface area (TPSA) is 90.0 Å². The first-order valence-electron chi connectivity index (χ1n) is 11.8. The van der Waals surface area contributed by atoms with Gasteiger partial charge in [0.15, 0.2) is 0 Å². The lowest BCUT2D eigenvalue weighted by Gasteiger charge is -2.34. The summed E-state index contributed by atoms with van der Waals surface area (Å²) in [7, 11) is -1.43. The van der Waals surface area contributed by atoms with E-state index in [0.717, 1.165) is 33.6 Å². The molecule has 0 spiro atoms. The zero-order valence-electron chi connectivity index (χ0n) is 21.1. The first kappa shape index (κ1) is 29.5. The predicted octanol–water partition coefficient (Wildman–Crippen LogP) is 3.82. The Labute approximate surface area is 218 Å². The van der Waals surface area contributed by atoms with Gasteiger partial charge in [-0.3, -0.25) is 9.59 Å². The molecule has 2 aromatic rings. The quantitative estimate of drug-likeness (QED) is 0.391. The van der Waals surface area contributed by atoms with Crippen molar-refractivity contribution in [1.82, 2.24) is 14.5 Å². The summed E-state index contributed by atoms with van der Waals surface area (Å²) in [5.74, 6) is -1.46. The van der Waals surface area contributed by atoms with Gasteiger partial charge in [-0.25, -0.2) is 8.70 Å². The molecule has 1 N–H and O–H groups in total. The Morgan fingerprint density at radius 3 is 2.25 bits per heavy atom. The summed E-state index contributed by atoms with van der Waals surface area (Å²) in [6, 6.07) is 10.9. The molecule has 0 bridgehead atoms. The maximum absolute atomic E-state index is 13.7. The fourth-order valence-electron chi connectivity index (χ4n) is 3.56. The van der Waals surface area contributed by atoms with Crippen LogP contribution in [0.5, 0.6) is 0 Å². The van der Waals surface area contributed by atoms with Gasteiger partial charge >= 0.3 is 10.2 Å². The number of amides is 2. The molecule has 8 nitrogen and oxygen atoms in total. The van der Waals surface area contributed by atoms with Gasteiger partial charge in [-0.1, -0.05) is 50.1 Å². The number of anilines is 1. The first-order valence-corrected chi connectivity index (χ1v) is 13.6. The van der Waals surface area contributed by atoms with Gasteiger partial charge < -0.3 is 10.2 Å². The summed E-state index contributed by atoms with van der Waals surface area (Å²) in [6.45, 7) is 3.68. The van der Waals surface area contributed by atoms with Crippen molar-refractivity contribution >= 4 is 39.3 Å². The maximum Gasteiger partial charge on any atom is 0.304 e. The highest BCUT2D eigenvalue weighted by Gasteiger charge is 2.34. The van der Waals surface area contributed by atoms with E-state index in [4.69, 9.17) is 11.6 Å². The lowest BCUT2D eigenvalue weighted by atomic mass is 10.1. The Bertz CT molecular complexity index is 1130. The van der Waals surface area contributed by atoms with Gasteiger partial charge in [0.2, 0.25) is 11.8 Å². The summed E-state index contributed by atoms with van der Waals surface area (Å²) in [5.41, 5.74) is 0.743. The number of carbonyl (C=O) groups is 2. The molecule has 2 aromatic carbocycles. The number of hydrogen-bond acceptors (Lipinski definition) is 4. The molecule has 0 aliphatic carbocycles. The van der Waals surface area contributed by atoms with Crippen LogP contribution in [0.2, 0.25) is 5.02 Å². The normalized spacial score (nSPS) is 12.3. The first-order chi connectivity index (χ1) is 17.0. The molecule has 36 heavy (non-hydrogen) atoms. The monoisotopic (exact) mass is 540 g/mol. The summed E-state index contributed by atoms with van der Waals surface area (Å²) in [4.78, 5) is 28.1. The molecule has 0 heterocycles. The lowest BCUT2D eigenvalue weighted by Crippen LogP contribution is -2.53. The highest BCUT2D eigenvalue weighted by atomic mass is 35.5. The van der Waals surface area contributed by atoms with Crippen molar-refractivity contribution < 1.29 is 22.4 Å². The van der Waals surface area contributed by atoms with E-state index in [1.807, 2.05) is 6.92 Å². The number of carbonyl (C=O) groups excluding carboxylic acids is 2. The molecular weight excluding hydrogens is 507 g/mol. The van der Waals surface area contributed by atoms with Crippen LogP contribution in [0.15, 0.2) is 48.5 Å². The van der Waals surface area contributed by atoms with Gasteiger partial charge in [0.05, 0.1) is 5.69 Å². The summed E-state index contributed by atoms with van der Waals surface area (Å²) in [5, 5.41) is 3.29. The fraction of sp³-hybridized carbons (Fsp3) is 0.440. The molecule has 2 rings (SSSR count). The van der Waals surface area contributed by atoms with E-state index in [9.17, 15) is 22.4 Å². The van der Waals surface area contributed by atoms with Crippen LogP contribution in [0.25, 0.3) is 0 Å². The van der Waals surface area contributed by atoms with Crippen LogP contribution in [0.3, 0.4) is 0 Å². The van der Waals surface area contributed by atoms with Gasteiger partial charge in [-0.2, -0.15) is 12.7 Å². The molecule has 0 saturated heterocycles. The highest BCUT2D eigenvalue weighted by Crippen LogP contribution is 2.23. The van der Waals surface area contributed by atoms with Crippen LogP contribution in [-0.4, -0.2) is 62.7 Å². The number of rotatable bonds is 13. The van der Waals surface area contributed by atoms with E-state index in [0.29, 0.717) is 23.6 Å². The summed E-state index contributed by atoms with van der Waals surface area (Å²) < 4.78 is 41.6. The van der Waals surface area contributed by atoms with Gasteiger partial charge in [0.25, 0.3) is 0 Å². The molecule has 2 amide bonds. The second-order valence-corrected chi connectivity index (χ2v) is 10.9. The Morgan fingerprint density at radius 2 is 1.69 bits per heavy atom. The fourth-order valence-corrected chi connectivity index (χ4v) is 4.81. The van der Waals surface area contributed by atoms with Crippen molar-refractivity contribution in [3.63, 3.8) is 0 Å². The average molecular weight is 541 g/mol. The summed E-state index contributed by atoms with van der Waals surface area (Å²) in [6.07, 6.45) is 2.00. The molecule has 0 unspecified atom stereocenters. The number of benzene rings is 2. The van der Waals surface area contributed by atoms with E-state index in [-0.39, 0.29) is 18.1 Å². The molecule has 0 aromatic heterocycles. The van der Waals surface area contributed by atoms with Crippen molar-refractivity contribution in [3.05, 3.63) is 64.9 Å². The largest absolute Gasteiger partial charge is 0.354 e. The minimum absolute atomic E-state index is 0.0114. The van der Waals surface area contributed by atoms with Crippen LogP contribution in [-0.2, 0) is 26.3 Å². The third-order valence-electron chi connectivity index (χ3n) is 5.65. The van der Waals surface area contributed by atoms with Crippen molar-refractivity contribution in [2.24, 2.45) is 0 Å². The van der Waals surface area contributed by atoms with Gasteiger partial charge in [-0.05, 0) is 48.7 Å². The van der Waals surface area contributed by atoms with Crippen LogP contribution >= 0.6 is 11.6 Å². The lowest BCUT2D eigenvalue weighted by molar-refractivity contribution is -0.140. The zero-order chi connectivity index (χ0) is 26.9. The molecule has 0 aliphatic heterocycles. The Kier molecular flexibility index (Phi) is 11.1. The third kappa shape index (κ3) is 7.65. The van der Waals surface area contributed by atoms with Crippen molar-refractivity contribution in [1.29, 1.82) is 0 Å². The smallest absolute Gasteiger partial charge is 0.304 e. The van der Waals surface area contributed by atoms with E-state index in [2.05, 4.69) is 5.32 Å². The SMILES string of the molecule is CCCCNC(=O)[C@@H](CC)N(Cc1ccccc1Cl)C(=O)CN(c1ccc(F)cc1)S(=O)(=O)N(C)C. The van der Waals surface area contributed by atoms with E-state index < -0.39 is 34.5 Å². The summed E-state index contributed by atoms with van der Waals surface area (Å²) >= 11 is 6.35. The molecule has 198 valence electrons. The Hall–Kier alpha value is -2.69. The average Bonchev–Trinajstić information content (AvgIpc) is 2.84. The molecule has 0 radical (unpaired) electrons. The van der Waals surface area contributed by atoms with Gasteiger partial charge in [0.1, 0.15) is 18.4 Å². The van der Waals surface area contributed by atoms with Crippen LogP contribution in [0, 0.1) is 5.82 Å². The van der Waals surface area contributed by atoms with E-state index in [1.165, 1.54) is 31.1 Å².